The van der Waals surface area contributed by atoms with Crippen LogP contribution in [0.15, 0.2) is 61.7 Å². The summed E-state index contributed by atoms with van der Waals surface area (Å²) >= 11 is 0. The quantitative estimate of drug-likeness (QED) is 0.566. The fraction of sp³-hybridized carbons (Fsp3) is 0. The van der Waals surface area contributed by atoms with Crippen molar-refractivity contribution in [1.29, 1.82) is 0 Å². The van der Waals surface area contributed by atoms with E-state index in [1.54, 1.807) is 0 Å². The first-order chi connectivity index (χ1) is 7.86. The van der Waals surface area contributed by atoms with Gasteiger partial charge in [-0.25, -0.2) is 0 Å². The van der Waals surface area contributed by atoms with Gasteiger partial charge in [-0.1, -0.05) is 12.2 Å². The molecule has 17 heavy (non-hydrogen) atoms. The predicted octanol–water partition coefficient (Wildman–Crippen LogP) is 4.26. The van der Waals surface area contributed by atoms with Gasteiger partial charge in [0.1, 0.15) is 0 Å². The second-order valence-corrected chi connectivity index (χ2v) is 3.07. The van der Waals surface area contributed by atoms with Gasteiger partial charge in [-0.2, -0.15) is 60.7 Å². The van der Waals surface area contributed by atoms with Crippen molar-refractivity contribution in [3.63, 3.8) is 0 Å². The van der Waals surface area contributed by atoms with Gasteiger partial charge in [0, 0.05) is 0 Å². The van der Waals surface area contributed by atoms with Gasteiger partial charge >= 0.3 is 19.5 Å². The largest absolute Gasteiger partial charge is 2.00 e. The summed E-state index contributed by atoms with van der Waals surface area (Å²) < 4.78 is 0. The Balaban J connectivity index is 0.000000284. The zero-order chi connectivity index (χ0) is 11.6. The molecule has 80 valence electrons. The molecule has 0 fully saturated rings. The van der Waals surface area contributed by atoms with Gasteiger partial charge in [0.05, 0.1) is 0 Å². The van der Waals surface area contributed by atoms with Crippen LogP contribution in [0.25, 0.3) is 12.2 Å². The van der Waals surface area contributed by atoms with Gasteiger partial charge in [-0.3, -0.25) is 0 Å². The Morgan fingerprint density at radius 1 is 0.706 bits per heavy atom. The number of rotatable bonds is 2. The summed E-state index contributed by atoms with van der Waals surface area (Å²) in [6.45, 7) is 7.23. The Hall–Kier alpha value is -1.46. The van der Waals surface area contributed by atoms with Gasteiger partial charge < -0.3 is 0 Å². The molecule has 0 radical (unpaired) electrons. The van der Waals surface area contributed by atoms with E-state index in [1.165, 1.54) is 0 Å². The van der Waals surface area contributed by atoms with Crippen LogP contribution in [0, 0.1) is 12.1 Å². The van der Waals surface area contributed by atoms with Gasteiger partial charge in [0.2, 0.25) is 0 Å². The molecular formula is C16H14Zn. The molecule has 0 saturated carbocycles. The molecule has 1 heteroatoms. The minimum absolute atomic E-state index is 0. The summed E-state index contributed by atoms with van der Waals surface area (Å²) in [4.78, 5) is 0. The van der Waals surface area contributed by atoms with Crippen LogP contribution in [0.3, 0.4) is 0 Å². The van der Waals surface area contributed by atoms with Crippen LogP contribution < -0.4 is 0 Å². The molecule has 0 amide bonds. The van der Waals surface area contributed by atoms with E-state index in [0.717, 1.165) is 11.1 Å². The van der Waals surface area contributed by atoms with Crippen molar-refractivity contribution in [1.82, 2.24) is 0 Å². The van der Waals surface area contributed by atoms with E-state index >= 15 is 0 Å². The Bertz CT molecular complexity index is 374. The third kappa shape index (κ3) is 6.65. The molecule has 0 atom stereocenters. The molecule has 0 heterocycles. The van der Waals surface area contributed by atoms with E-state index < -0.39 is 0 Å². The van der Waals surface area contributed by atoms with Crippen LogP contribution in [0.5, 0.6) is 0 Å². The van der Waals surface area contributed by atoms with Crippen molar-refractivity contribution >= 4 is 12.2 Å². The van der Waals surface area contributed by atoms with Gasteiger partial charge in [0.15, 0.2) is 0 Å². The number of hydrogen-bond acceptors (Lipinski definition) is 0. The van der Waals surface area contributed by atoms with Crippen molar-refractivity contribution in [3.8, 4) is 0 Å². The zero-order valence-corrected chi connectivity index (χ0v) is 12.9. The fourth-order valence-electron chi connectivity index (χ4n) is 1.07. The Kier molecular flexibility index (Phi) is 8.91. The SMILES string of the molecule is C=Cc1cc[c-]cc1.C=Cc1cc[c-]cc1.[Zn+2]. The summed E-state index contributed by atoms with van der Waals surface area (Å²) in [6.07, 6.45) is 3.63. The molecule has 2 aromatic rings. The third-order valence-electron chi connectivity index (χ3n) is 1.96. The van der Waals surface area contributed by atoms with Gasteiger partial charge in [-0.05, 0) is 0 Å². The summed E-state index contributed by atoms with van der Waals surface area (Å²) in [6, 6.07) is 21.2. The second kappa shape index (κ2) is 9.75. The molecule has 0 N–H and O–H groups in total. The molecule has 0 nitrogen and oxygen atoms in total. The molecule has 0 aliphatic carbocycles. The van der Waals surface area contributed by atoms with E-state index in [4.69, 9.17) is 0 Å². The summed E-state index contributed by atoms with van der Waals surface area (Å²) in [5.41, 5.74) is 2.28. The predicted molar refractivity (Wildman–Crippen MR) is 70.7 cm³/mol. The topological polar surface area (TPSA) is 0 Å². The normalized spacial score (nSPS) is 8.00. The molecule has 2 aromatic carbocycles. The van der Waals surface area contributed by atoms with Crippen LogP contribution in [-0.2, 0) is 19.5 Å². The van der Waals surface area contributed by atoms with Crippen LogP contribution >= 0.6 is 0 Å². The van der Waals surface area contributed by atoms with E-state index in [2.05, 4.69) is 25.3 Å². The van der Waals surface area contributed by atoms with Crippen molar-refractivity contribution in [2.45, 2.75) is 0 Å². The van der Waals surface area contributed by atoms with Crippen LogP contribution in [0.1, 0.15) is 11.1 Å². The molecule has 0 saturated heterocycles. The first-order valence-corrected chi connectivity index (χ1v) is 5.04. The van der Waals surface area contributed by atoms with E-state index in [0.29, 0.717) is 0 Å². The molecule has 0 aliphatic heterocycles. The standard InChI is InChI=1S/2C8H7.Zn/c2*1-2-8-6-4-3-5-7-8;/h2*2,4-7H,1H2;/q2*-1;+2. The molecule has 0 aliphatic rings. The number of benzene rings is 2. The average Bonchev–Trinajstić information content (AvgIpc) is 2.41. The molecule has 0 bridgehead atoms. The van der Waals surface area contributed by atoms with Gasteiger partial charge in [0.25, 0.3) is 0 Å². The minimum Gasteiger partial charge on any atom is -0.184 e. The summed E-state index contributed by atoms with van der Waals surface area (Å²) in [7, 11) is 0. The van der Waals surface area contributed by atoms with Crippen LogP contribution in [-0.4, -0.2) is 0 Å². The molecule has 0 spiro atoms. The van der Waals surface area contributed by atoms with Crippen LogP contribution in [0.4, 0.5) is 0 Å². The Labute approximate surface area is 116 Å². The van der Waals surface area contributed by atoms with Crippen molar-refractivity contribution in [2.75, 3.05) is 0 Å². The van der Waals surface area contributed by atoms with E-state index in [1.807, 2.05) is 60.7 Å². The molecule has 0 aromatic heterocycles. The zero-order valence-electron chi connectivity index (χ0n) is 9.89. The van der Waals surface area contributed by atoms with E-state index in [9.17, 15) is 0 Å². The first kappa shape index (κ1) is 15.5. The molecular weight excluding hydrogens is 258 g/mol. The maximum Gasteiger partial charge on any atom is 2.00 e. The average molecular weight is 272 g/mol. The van der Waals surface area contributed by atoms with Crippen molar-refractivity contribution in [2.24, 2.45) is 0 Å². The maximum atomic E-state index is 3.62. The molecule has 2 rings (SSSR count). The summed E-state index contributed by atoms with van der Waals surface area (Å²) in [5, 5.41) is 0. The monoisotopic (exact) mass is 270 g/mol. The summed E-state index contributed by atoms with van der Waals surface area (Å²) in [5.74, 6) is 0. The van der Waals surface area contributed by atoms with Gasteiger partial charge in [-0.15, -0.1) is 24.3 Å². The molecule has 0 unspecified atom stereocenters. The maximum absolute atomic E-state index is 3.62. The number of hydrogen-bond donors (Lipinski definition) is 0. The fourth-order valence-corrected chi connectivity index (χ4v) is 1.07. The smallest absolute Gasteiger partial charge is 0.184 e. The van der Waals surface area contributed by atoms with Crippen LogP contribution in [0.2, 0.25) is 0 Å². The Morgan fingerprint density at radius 2 is 1.00 bits per heavy atom. The Morgan fingerprint density at radius 3 is 1.18 bits per heavy atom. The second-order valence-electron chi connectivity index (χ2n) is 3.07. The van der Waals surface area contributed by atoms with Crippen molar-refractivity contribution in [3.05, 3.63) is 84.9 Å². The van der Waals surface area contributed by atoms with Crippen molar-refractivity contribution < 1.29 is 19.5 Å². The first-order valence-electron chi connectivity index (χ1n) is 5.04. The van der Waals surface area contributed by atoms with E-state index in [-0.39, 0.29) is 19.5 Å². The third-order valence-corrected chi connectivity index (χ3v) is 1.96. The minimum atomic E-state index is 0.